The lowest BCUT2D eigenvalue weighted by molar-refractivity contribution is -0.123. The molecular formula is C16H26N2O. The van der Waals surface area contributed by atoms with Crippen LogP contribution in [0.15, 0.2) is 30.3 Å². The molecule has 2 atom stereocenters. The van der Waals surface area contributed by atoms with Crippen LogP contribution in [0.2, 0.25) is 0 Å². The van der Waals surface area contributed by atoms with Crippen LogP contribution in [0.4, 0.5) is 0 Å². The van der Waals surface area contributed by atoms with Crippen molar-refractivity contribution in [2.75, 3.05) is 6.54 Å². The zero-order valence-electron chi connectivity index (χ0n) is 12.1. The number of rotatable bonds is 8. The van der Waals surface area contributed by atoms with Crippen molar-refractivity contribution < 1.29 is 4.79 Å². The van der Waals surface area contributed by atoms with E-state index < -0.39 is 0 Å². The van der Waals surface area contributed by atoms with Gasteiger partial charge in [-0.15, -0.1) is 0 Å². The third-order valence-corrected chi connectivity index (χ3v) is 3.46. The Morgan fingerprint density at radius 2 is 1.95 bits per heavy atom. The zero-order valence-corrected chi connectivity index (χ0v) is 12.1. The number of hydrogen-bond acceptors (Lipinski definition) is 2. The lowest BCUT2D eigenvalue weighted by atomic mass is 9.95. The molecule has 0 aliphatic rings. The Morgan fingerprint density at radius 1 is 1.26 bits per heavy atom. The minimum Gasteiger partial charge on any atom is -0.352 e. The highest BCUT2D eigenvalue weighted by Crippen LogP contribution is 2.19. The number of hydrogen-bond donors (Lipinski definition) is 2. The molecule has 1 rings (SSSR count). The van der Waals surface area contributed by atoms with Crippen LogP contribution in [0.3, 0.4) is 0 Å². The van der Waals surface area contributed by atoms with E-state index in [4.69, 9.17) is 5.73 Å². The summed E-state index contributed by atoms with van der Waals surface area (Å²) in [7, 11) is 0. The van der Waals surface area contributed by atoms with E-state index in [0.29, 0.717) is 6.54 Å². The second-order valence-corrected chi connectivity index (χ2v) is 4.95. The maximum atomic E-state index is 12.3. The number of carbonyl (C=O) groups is 1. The number of carbonyl (C=O) groups excluding carboxylic acids is 1. The van der Waals surface area contributed by atoms with Gasteiger partial charge < -0.3 is 11.1 Å². The summed E-state index contributed by atoms with van der Waals surface area (Å²) < 4.78 is 0. The highest BCUT2D eigenvalue weighted by molar-refractivity contribution is 5.83. The average Bonchev–Trinajstić information content (AvgIpc) is 2.45. The predicted octanol–water partition coefficient (Wildman–Crippen LogP) is 2.81. The van der Waals surface area contributed by atoms with Gasteiger partial charge in [-0.05, 0) is 18.4 Å². The molecule has 1 amide bonds. The summed E-state index contributed by atoms with van der Waals surface area (Å²) in [5, 5.41) is 3.09. The van der Waals surface area contributed by atoms with E-state index in [9.17, 15) is 4.79 Å². The Morgan fingerprint density at radius 3 is 2.47 bits per heavy atom. The van der Waals surface area contributed by atoms with Crippen molar-refractivity contribution in [1.29, 1.82) is 0 Å². The van der Waals surface area contributed by atoms with Crippen LogP contribution in [0.1, 0.15) is 51.0 Å². The quantitative estimate of drug-likeness (QED) is 0.757. The van der Waals surface area contributed by atoms with Crippen LogP contribution in [0, 0.1) is 0 Å². The van der Waals surface area contributed by atoms with Crippen molar-refractivity contribution in [1.82, 2.24) is 5.32 Å². The summed E-state index contributed by atoms with van der Waals surface area (Å²) in [6, 6.07) is 10.0. The average molecular weight is 262 g/mol. The number of nitrogens with one attached hydrogen (secondary N) is 1. The van der Waals surface area contributed by atoms with E-state index in [1.165, 1.54) is 0 Å². The highest BCUT2D eigenvalue weighted by atomic mass is 16.1. The molecule has 0 saturated carbocycles. The minimum absolute atomic E-state index is 0.0723. The number of amides is 1. The summed E-state index contributed by atoms with van der Waals surface area (Å²) in [6.45, 7) is 4.70. The summed E-state index contributed by atoms with van der Waals surface area (Å²) in [5.41, 5.74) is 6.80. The molecule has 0 bridgehead atoms. The van der Waals surface area contributed by atoms with Gasteiger partial charge in [0.25, 0.3) is 0 Å². The van der Waals surface area contributed by atoms with Gasteiger partial charge in [0.05, 0.1) is 5.92 Å². The van der Waals surface area contributed by atoms with E-state index in [0.717, 1.165) is 31.2 Å². The summed E-state index contributed by atoms with van der Waals surface area (Å²) in [5.74, 6) is 0.0251. The lowest BCUT2D eigenvalue weighted by Gasteiger charge is -2.21. The molecular weight excluding hydrogens is 236 g/mol. The first-order chi connectivity index (χ1) is 9.22. The van der Waals surface area contributed by atoms with Crippen LogP contribution in [0.5, 0.6) is 0 Å². The maximum Gasteiger partial charge on any atom is 0.227 e. The normalized spacial score (nSPS) is 13.8. The molecule has 0 aliphatic carbocycles. The van der Waals surface area contributed by atoms with Crippen molar-refractivity contribution in [2.24, 2.45) is 5.73 Å². The molecule has 0 spiro atoms. The van der Waals surface area contributed by atoms with E-state index in [1.54, 1.807) is 0 Å². The third kappa shape index (κ3) is 5.03. The van der Waals surface area contributed by atoms with Crippen molar-refractivity contribution in [3.05, 3.63) is 35.9 Å². The summed E-state index contributed by atoms with van der Waals surface area (Å²) >= 11 is 0. The molecule has 106 valence electrons. The van der Waals surface area contributed by atoms with Gasteiger partial charge in [-0.1, -0.05) is 57.0 Å². The molecule has 0 fully saturated rings. The van der Waals surface area contributed by atoms with Crippen LogP contribution in [-0.4, -0.2) is 18.5 Å². The molecule has 19 heavy (non-hydrogen) atoms. The number of benzene rings is 1. The van der Waals surface area contributed by atoms with Gasteiger partial charge in [-0.2, -0.15) is 0 Å². The molecule has 0 heterocycles. The molecule has 0 saturated heterocycles. The topological polar surface area (TPSA) is 55.1 Å². The first kappa shape index (κ1) is 15.7. The Hall–Kier alpha value is -1.35. The molecule has 3 heteroatoms. The van der Waals surface area contributed by atoms with Gasteiger partial charge >= 0.3 is 0 Å². The summed E-state index contributed by atoms with van der Waals surface area (Å²) in [4.78, 5) is 12.3. The second-order valence-electron chi connectivity index (χ2n) is 4.95. The van der Waals surface area contributed by atoms with Crippen LogP contribution >= 0.6 is 0 Å². The van der Waals surface area contributed by atoms with Gasteiger partial charge in [0.1, 0.15) is 0 Å². The first-order valence-corrected chi connectivity index (χ1v) is 7.28. The van der Waals surface area contributed by atoms with Crippen molar-refractivity contribution in [3.8, 4) is 0 Å². The zero-order chi connectivity index (χ0) is 14.1. The van der Waals surface area contributed by atoms with Gasteiger partial charge in [0, 0.05) is 12.6 Å². The molecule has 3 nitrogen and oxygen atoms in total. The first-order valence-electron chi connectivity index (χ1n) is 7.28. The fourth-order valence-corrected chi connectivity index (χ4v) is 2.26. The standard InChI is InChI=1S/C16H26N2O/c1-3-5-11-14(12-17)18-16(19)15(4-2)13-9-7-6-8-10-13/h6-10,14-15H,3-5,11-12,17H2,1-2H3,(H,18,19). The molecule has 1 aromatic rings. The number of nitrogens with two attached hydrogens (primary N) is 1. The molecule has 2 unspecified atom stereocenters. The Bertz CT molecular complexity index is 364. The maximum absolute atomic E-state index is 12.3. The fraction of sp³-hybridized carbons (Fsp3) is 0.562. The molecule has 0 radical (unpaired) electrons. The van der Waals surface area contributed by atoms with Crippen molar-refractivity contribution in [3.63, 3.8) is 0 Å². The van der Waals surface area contributed by atoms with Gasteiger partial charge in [0.15, 0.2) is 0 Å². The summed E-state index contributed by atoms with van der Waals surface area (Å²) in [6.07, 6.45) is 4.00. The molecule has 0 aromatic heterocycles. The molecule has 1 aromatic carbocycles. The molecule has 3 N–H and O–H groups in total. The van der Waals surface area contributed by atoms with Gasteiger partial charge in [-0.25, -0.2) is 0 Å². The van der Waals surface area contributed by atoms with Crippen molar-refractivity contribution >= 4 is 5.91 Å². The van der Waals surface area contributed by atoms with E-state index in [2.05, 4.69) is 12.2 Å². The number of unbranched alkanes of at least 4 members (excludes halogenated alkanes) is 1. The van der Waals surface area contributed by atoms with E-state index in [1.807, 2.05) is 37.3 Å². The van der Waals surface area contributed by atoms with E-state index >= 15 is 0 Å². The highest BCUT2D eigenvalue weighted by Gasteiger charge is 2.20. The monoisotopic (exact) mass is 262 g/mol. The fourth-order valence-electron chi connectivity index (χ4n) is 2.26. The lowest BCUT2D eigenvalue weighted by Crippen LogP contribution is -2.42. The predicted molar refractivity (Wildman–Crippen MR) is 80.0 cm³/mol. The minimum atomic E-state index is -0.0723. The van der Waals surface area contributed by atoms with Gasteiger partial charge in [0.2, 0.25) is 5.91 Å². The van der Waals surface area contributed by atoms with E-state index in [-0.39, 0.29) is 17.9 Å². The van der Waals surface area contributed by atoms with Crippen LogP contribution in [-0.2, 0) is 4.79 Å². The largest absolute Gasteiger partial charge is 0.352 e. The second kappa shape index (κ2) is 8.70. The van der Waals surface area contributed by atoms with Crippen molar-refractivity contribution in [2.45, 2.75) is 51.5 Å². The van der Waals surface area contributed by atoms with Crippen LogP contribution in [0.25, 0.3) is 0 Å². The molecule has 0 aliphatic heterocycles. The SMILES string of the molecule is CCCCC(CN)NC(=O)C(CC)c1ccccc1. The Kier molecular flexibility index (Phi) is 7.19. The Labute approximate surface area is 116 Å². The van der Waals surface area contributed by atoms with Gasteiger partial charge in [-0.3, -0.25) is 4.79 Å². The smallest absolute Gasteiger partial charge is 0.227 e. The third-order valence-electron chi connectivity index (χ3n) is 3.46. The Balaban J connectivity index is 2.63. The van der Waals surface area contributed by atoms with Crippen LogP contribution < -0.4 is 11.1 Å².